The van der Waals surface area contributed by atoms with Crippen LogP contribution in [0.25, 0.3) is 0 Å². The molecule has 0 N–H and O–H groups in total. The van der Waals surface area contributed by atoms with Crippen molar-refractivity contribution in [3.05, 3.63) is 0 Å². The molecule has 1 heterocycles. The Morgan fingerprint density at radius 2 is 2.25 bits per heavy atom. The first kappa shape index (κ1) is 11.9. The second-order valence-corrected chi connectivity index (χ2v) is 5.24. The van der Waals surface area contributed by atoms with Gasteiger partial charge in [-0.25, -0.2) is 4.79 Å². The van der Waals surface area contributed by atoms with Crippen LogP contribution in [0.15, 0.2) is 0 Å². The highest BCUT2D eigenvalue weighted by molar-refractivity contribution is 5.85. The van der Waals surface area contributed by atoms with Crippen LogP contribution in [0, 0.1) is 5.92 Å². The van der Waals surface area contributed by atoms with Crippen LogP contribution in [0.5, 0.6) is 0 Å². The van der Waals surface area contributed by atoms with E-state index in [1.54, 1.807) is 0 Å². The van der Waals surface area contributed by atoms with Gasteiger partial charge in [0.1, 0.15) is 5.60 Å². The molecular formula is C13H22O3. The normalized spacial score (nSPS) is 41.3. The fourth-order valence-corrected chi connectivity index (χ4v) is 3.22. The van der Waals surface area contributed by atoms with Crippen molar-refractivity contribution in [1.82, 2.24) is 0 Å². The van der Waals surface area contributed by atoms with Gasteiger partial charge < -0.3 is 9.47 Å². The molecule has 92 valence electrons. The Bertz CT molecular complexity index is 289. The second kappa shape index (κ2) is 4.02. The average molecular weight is 226 g/mol. The third-order valence-electron chi connectivity index (χ3n) is 3.99. The zero-order valence-corrected chi connectivity index (χ0v) is 10.5. The molecule has 1 saturated carbocycles. The van der Waals surface area contributed by atoms with Gasteiger partial charge in [0.25, 0.3) is 0 Å². The predicted molar refractivity (Wildman–Crippen MR) is 61.1 cm³/mol. The van der Waals surface area contributed by atoms with Gasteiger partial charge in [-0.3, -0.25) is 0 Å². The Kier molecular flexibility index (Phi) is 2.99. The molecule has 0 aromatic heterocycles. The van der Waals surface area contributed by atoms with Crippen LogP contribution < -0.4 is 0 Å². The summed E-state index contributed by atoms with van der Waals surface area (Å²) in [4.78, 5) is 12.0. The van der Waals surface area contributed by atoms with Crippen LogP contribution in [0.4, 0.5) is 0 Å². The largest absolute Gasteiger partial charge is 0.464 e. The molecule has 1 aliphatic heterocycles. The van der Waals surface area contributed by atoms with Crippen molar-refractivity contribution in [2.45, 2.75) is 64.1 Å². The summed E-state index contributed by atoms with van der Waals surface area (Å²) in [6.07, 6.45) is 4.98. The molecular weight excluding hydrogens is 204 g/mol. The van der Waals surface area contributed by atoms with E-state index in [1.807, 2.05) is 6.92 Å². The van der Waals surface area contributed by atoms with Gasteiger partial charge in [0.05, 0.1) is 6.61 Å². The average Bonchev–Trinajstić information content (AvgIpc) is 2.68. The van der Waals surface area contributed by atoms with Crippen LogP contribution >= 0.6 is 0 Å². The molecule has 3 atom stereocenters. The lowest BCUT2D eigenvalue weighted by atomic mass is 9.87. The Morgan fingerprint density at radius 3 is 2.75 bits per heavy atom. The van der Waals surface area contributed by atoms with Crippen LogP contribution in [0.1, 0.15) is 52.9 Å². The molecule has 0 bridgehead atoms. The molecule has 0 aromatic rings. The fourth-order valence-electron chi connectivity index (χ4n) is 3.22. The highest BCUT2D eigenvalue weighted by atomic mass is 16.7. The number of carbonyl (C=O) groups is 1. The summed E-state index contributed by atoms with van der Waals surface area (Å²) in [6.45, 7) is 6.62. The minimum atomic E-state index is -0.595. The van der Waals surface area contributed by atoms with Gasteiger partial charge in [0.15, 0.2) is 5.60 Å². The second-order valence-electron chi connectivity index (χ2n) is 5.24. The van der Waals surface area contributed by atoms with E-state index >= 15 is 0 Å². The van der Waals surface area contributed by atoms with E-state index in [1.165, 1.54) is 6.42 Å². The summed E-state index contributed by atoms with van der Waals surface area (Å²) in [5.41, 5.74) is -0.767. The highest BCUT2D eigenvalue weighted by Crippen LogP contribution is 2.61. The van der Waals surface area contributed by atoms with Crippen molar-refractivity contribution in [2.24, 2.45) is 5.92 Å². The minimum Gasteiger partial charge on any atom is -0.464 e. The van der Waals surface area contributed by atoms with Gasteiger partial charge in [-0.05, 0) is 38.5 Å². The van der Waals surface area contributed by atoms with Crippen molar-refractivity contribution >= 4 is 5.97 Å². The lowest BCUT2D eigenvalue weighted by molar-refractivity contribution is -0.149. The third-order valence-corrected chi connectivity index (χ3v) is 3.99. The number of hydrogen-bond donors (Lipinski definition) is 0. The number of carbonyl (C=O) groups excluding carboxylic acids is 1. The molecule has 1 spiro atoms. The molecule has 0 aromatic carbocycles. The van der Waals surface area contributed by atoms with E-state index in [0.717, 1.165) is 25.7 Å². The Hall–Kier alpha value is -0.570. The number of rotatable bonds is 4. The first-order valence-electron chi connectivity index (χ1n) is 6.47. The molecule has 3 nitrogen and oxygen atoms in total. The summed E-state index contributed by atoms with van der Waals surface area (Å²) >= 11 is 0. The van der Waals surface area contributed by atoms with E-state index < -0.39 is 5.60 Å². The van der Waals surface area contributed by atoms with Gasteiger partial charge in [-0.1, -0.05) is 20.3 Å². The summed E-state index contributed by atoms with van der Waals surface area (Å²) in [5, 5.41) is 0. The summed E-state index contributed by atoms with van der Waals surface area (Å²) in [5.74, 6) is 0.541. The lowest BCUT2D eigenvalue weighted by Crippen LogP contribution is -2.34. The number of esters is 1. The summed E-state index contributed by atoms with van der Waals surface area (Å²) in [7, 11) is 0. The lowest BCUT2D eigenvalue weighted by Gasteiger charge is -2.14. The number of hydrogen-bond acceptors (Lipinski definition) is 3. The van der Waals surface area contributed by atoms with Crippen molar-refractivity contribution < 1.29 is 14.3 Å². The molecule has 2 rings (SSSR count). The van der Waals surface area contributed by atoms with Crippen LogP contribution in [-0.4, -0.2) is 23.8 Å². The topological polar surface area (TPSA) is 38.8 Å². The van der Waals surface area contributed by atoms with Crippen molar-refractivity contribution in [1.29, 1.82) is 0 Å². The molecule has 1 aliphatic carbocycles. The van der Waals surface area contributed by atoms with E-state index in [4.69, 9.17) is 9.47 Å². The molecule has 2 aliphatic rings. The maximum atomic E-state index is 12.0. The fraction of sp³-hybridized carbons (Fsp3) is 0.923. The zero-order valence-electron chi connectivity index (χ0n) is 10.5. The SMILES string of the molecule is CCCC1(C(=O)OCC)OC12CCC(C)C2. The van der Waals surface area contributed by atoms with Gasteiger partial charge in [0, 0.05) is 0 Å². The first-order valence-corrected chi connectivity index (χ1v) is 6.47. The van der Waals surface area contributed by atoms with Crippen molar-refractivity contribution in [2.75, 3.05) is 6.61 Å². The number of epoxide rings is 1. The molecule has 16 heavy (non-hydrogen) atoms. The Labute approximate surface area is 97.5 Å². The first-order chi connectivity index (χ1) is 7.60. The molecule has 2 fully saturated rings. The maximum Gasteiger partial charge on any atom is 0.341 e. The maximum absolute atomic E-state index is 12.0. The predicted octanol–water partition coefficient (Wildman–Crippen LogP) is 2.68. The van der Waals surface area contributed by atoms with Crippen molar-refractivity contribution in [3.63, 3.8) is 0 Å². The van der Waals surface area contributed by atoms with E-state index in [2.05, 4.69) is 13.8 Å². The molecule has 1 saturated heterocycles. The van der Waals surface area contributed by atoms with Gasteiger partial charge in [-0.15, -0.1) is 0 Å². The summed E-state index contributed by atoms with van der Waals surface area (Å²) < 4.78 is 11.1. The zero-order chi connectivity index (χ0) is 11.8. The van der Waals surface area contributed by atoms with E-state index in [0.29, 0.717) is 12.5 Å². The Balaban J connectivity index is 2.11. The van der Waals surface area contributed by atoms with E-state index in [-0.39, 0.29) is 11.6 Å². The summed E-state index contributed by atoms with van der Waals surface area (Å²) in [6, 6.07) is 0. The number of ether oxygens (including phenoxy) is 2. The molecule has 3 heteroatoms. The highest BCUT2D eigenvalue weighted by Gasteiger charge is 2.75. The third kappa shape index (κ3) is 1.56. The molecule has 0 radical (unpaired) electrons. The van der Waals surface area contributed by atoms with Crippen LogP contribution in [0.3, 0.4) is 0 Å². The van der Waals surface area contributed by atoms with Crippen LogP contribution in [-0.2, 0) is 14.3 Å². The van der Waals surface area contributed by atoms with Gasteiger partial charge >= 0.3 is 5.97 Å². The standard InChI is InChI=1S/C13H22O3/c1-4-7-13(11(14)15-5-2)12(16-13)8-6-10(3)9-12/h10H,4-9H2,1-3H3. The molecule has 0 amide bonds. The Morgan fingerprint density at radius 1 is 1.50 bits per heavy atom. The van der Waals surface area contributed by atoms with Crippen LogP contribution in [0.2, 0.25) is 0 Å². The molecule has 3 unspecified atom stereocenters. The van der Waals surface area contributed by atoms with Gasteiger partial charge in [0.2, 0.25) is 0 Å². The van der Waals surface area contributed by atoms with Gasteiger partial charge in [-0.2, -0.15) is 0 Å². The smallest absolute Gasteiger partial charge is 0.341 e. The monoisotopic (exact) mass is 226 g/mol. The van der Waals surface area contributed by atoms with Crippen molar-refractivity contribution in [3.8, 4) is 0 Å². The van der Waals surface area contributed by atoms with E-state index in [9.17, 15) is 4.79 Å². The minimum absolute atomic E-state index is 0.133. The quantitative estimate of drug-likeness (QED) is 0.546.